The van der Waals surface area contributed by atoms with Gasteiger partial charge in [-0.05, 0) is 41.2 Å². The fraction of sp³-hybridized carbons (Fsp3) is 0.333. The fourth-order valence-electron chi connectivity index (χ4n) is 3.70. The Bertz CT molecular complexity index is 853. The summed E-state index contributed by atoms with van der Waals surface area (Å²) in [5.74, 6) is -0.125. The lowest BCUT2D eigenvalue weighted by atomic mass is 9.89. The quantitative estimate of drug-likeness (QED) is 0.741. The van der Waals surface area contributed by atoms with Gasteiger partial charge in [-0.2, -0.15) is 0 Å². The number of benzene rings is 2. The first kappa shape index (κ1) is 19.4. The van der Waals surface area contributed by atoms with E-state index >= 15 is 0 Å². The van der Waals surface area contributed by atoms with E-state index in [4.69, 9.17) is 0 Å². The molecule has 1 unspecified atom stereocenters. The number of rotatable bonds is 5. The van der Waals surface area contributed by atoms with Crippen molar-refractivity contribution in [1.29, 1.82) is 0 Å². The first-order chi connectivity index (χ1) is 12.7. The number of amides is 2. The van der Waals surface area contributed by atoms with Gasteiger partial charge in [-0.3, -0.25) is 9.59 Å². The molecule has 2 heterocycles. The largest absolute Gasteiger partial charge is 0.352 e. The lowest BCUT2D eigenvalue weighted by Gasteiger charge is -2.24. The minimum atomic E-state index is -0.137. The van der Waals surface area contributed by atoms with Gasteiger partial charge in [-0.25, -0.2) is 0 Å². The van der Waals surface area contributed by atoms with Crippen molar-refractivity contribution in [3.05, 3.63) is 64.7 Å². The SMILES string of the molecule is Cl.O=C(CCC1Cc2ccccc2NC1=O)NCc1ccc2c(c1)CNC2. The standard InChI is InChI=1S/C21H23N3O2.ClH/c25-20(23-11-14-5-6-17-12-22-13-18(17)9-14)8-7-16-10-15-3-1-2-4-19(15)24-21(16)26;/h1-6,9,16,22H,7-8,10-13H2,(H,23,25)(H,24,26);1H. The molecule has 0 saturated heterocycles. The summed E-state index contributed by atoms with van der Waals surface area (Å²) in [5, 5.41) is 9.23. The molecule has 2 aliphatic heterocycles. The van der Waals surface area contributed by atoms with Crippen LogP contribution in [0, 0.1) is 5.92 Å². The third kappa shape index (κ3) is 4.49. The first-order valence-corrected chi connectivity index (χ1v) is 9.16. The van der Waals surface area contributed by atoms with Gasteiger partial charge in [-0.1, -0.05) is 36.4 Å². The van der Waals surface area contributed by atoms with E-state index in [0.717, 1.165) is 29.9 Å². The number of carbonyl (C=O) groups is 2. The molecule has 5 nitrogen and oxygen atoms in total. The number of carbonyl (C=O) groups excluding carboxylic acids is 2. The molecule has 0 saturated carbocycles. The minimum Gasteiger partial charge on any atom is -0.352 e. The van der Waals surface area contributed by atoms with Crippen LogP contribution in [-0.4, -0.2) is 11.8 Å². The summed E-state index contributed by atoms with van der Waals surface area (Å²) in [6.07, 6.45) is 1.64. The molecule has 4 rings (SSSR count). The van der Waals surface area contributed by atoms with Crippen LogP contribution in [0.5, 0.6) is 0 Å². The molecular formula is C21H24ClN3O2. The van der Waals surface area contributed by atoms with E-state index in [0.29, 0.717) is 25.8 Å². The summed E-state index contributed by atoms with van der Waals surface area (Å²) in [7, 11) is 0. The highest BCUT2D eigenvalue weighted by Crippen LogP contribution is 2.27. The third-order valence-corrected chi connectivity index (χ3v) is 5.22. The van der Waals surface area contributed by atoms with Crippen LogP contribution >= 0.6 is 12.4 Å². The number of nitrogens with one attached hydrogen (secondary N) is 3. The zero-order chi connectivity index (χ0) is 17.9. The van der Waals surface area contributed by atoms with Crippen LogP contribution in [0.3, 0.4) is 0 Å². The van der Waals surface area contributed by atoms with E-state index in [1.54, 1.807) is 0 Å². The zero-order valence-electron chi connectivity index (χ0n) is 15.1. The highest BCUT2D eigenvalue weighted by molar-refractivity contribution is 5.96. The second-order valence-electron chi connectivity index (χ2n) is 7.07. The van der Waals surface area contributed by atoms with Crippen molar-refractivity contribution in [2.75, 3.05) is 5.32 Å². The van der Waals surface area contributed by atoms with Crippen molar-refractivity contribution < 1.29 is 9.59 Å². The Balaban J connectivity index is 0.00000210. The molecule has 1 atom stereocenters. The van der Waals surface area contributed by atoms with Gasteiger partial charge in [-0.15, -0.1) is 12.4 Å². The topological polar surface area (TPSA) is 70.2 Å². The van der Waals surface area contributed by atoms with Crippen molar-refractivity contribution in [3.8, 4) is 0 Å². The second-order valence-corrected chi connectivity index (χ2v) is 7.07. The summed E-state index contributed by atoms with van der Waals surface area (Å²) < 4.78 is 0. The Labute approximate surface area is 165 Å². The first-order valence-electron chi connectivity index (χ1n) is 9.16. The molecule has 0 bridgehead atoms. The van der Waals surface area contributed by atoms with Crippen LogP contribution in [0.15, 0.2) is 42.5 Å². The highest BCUT2D eigenvalue weighted by Gasteiger charge is 2.26. The predicted octanol–water partition coefficient (Wildman–Crippen LogP) is 2.92. The van der Waals surface area contributed by atoms with E-state index in [1.165, 1.54) is 11.1 Å². The van der Waals surface area contributed by atoms with E-state index in [1.807, 2.05) is 24.3 Å². The Morgan fingerprint density at radius 2 is 1.89 bits per heavy atom. The van der Waals surface area contributed by atoms with Gasteiger partial charge in [0.05, 0.1) is 0 Å². The Hall–Kier alpha value is -2.37. The molecule has 0 aliphatic carbocycles. The van der Waals surface area contributed by atoms with Crippen molar-refractivity contribution >= 4 is 29.9 Å². The maximum Gasteiger partial charge on any atom is 0.227 e. The van der Waals surface area contributed by atoms with Crippen molar-refractivity contribution in [3.63, 3.8) is 0 Å². The van der Waals surface area contributed by atoms with Gasteiger partial charge in [0.1, 0.15) is 0 Å². The second kappa shape index (κ2) is 8.55. The van der Waals surface area contributed by atoms with Crippen LogP contribution in [-0.2, 0) is 35.6 Å². The Morgan fingerprint density at radius 3 is 2.78 bits per heavy atom. The van der Waals surface area contributed by atoms with Gasteiger partial charge in [0.25, 0.3) is 0 Å². The molecule has 27 heavy (non-hydrogen) atoms. The van der Waals surface area contributed by atoms with Gasteiger partial charge < -0.3 is 16.0 Å². The lowest BCUT2D eigenvalue weighted by Crippen LogP contribution is -2.31. The van der Waals surface area contributed by atoms with Crippen LogP contribution < -0.4 is 16.0 Å². The molecule has 0 fully saturated rings. The lowest BCUT2D eigenvalue weighted by molar-refractivity contribution is -0.122. The normalized spacial score (nSPS) is 17.3. The van der Waals surface area contributed by atoms with E-state index in [-0.39, 0.29) is 30.1 Å². The van der Waals surface area contributed by atoms with Crippen LogP contribution in [0.4, 0.5) is 5.69 Å². The highest BCUT2D eigenvalue weighted by atomic mass is 35.5. The Kier molecular flexibility index (Phi) is 6.14. The van der Waals surface area contributed by atoms with Crippen molar-refractivity contribution in [1.82, 2.24) is 10.6 Å². The number of para-hydroxylation sites is 1. The third-order valence-electron chi connectivity index (χ3n) is 5.22. The number of fused-ring (bicyclic) bond motifs is 2. The maximum absolute atomic E-state index is 12.2. The molecule has 2 aliphatic rings. The van der Waals surface area contributed by atoms with Gasteiger partial charge in [0, 0.05) is 37.7 Å². The summed E-state index contributed by atoms with van der Waals surface area (Å²) in [6, 6.07) is 14.2. The van der Waals surface area contributed by atoms with E-state index in [9.17, 15) is 9.59 Å². The molecule has 0 radical (unpaired) electrons. The summed E-state index contributed by atoms with van der Waals surface area (Å²) >= 11 is 0. The number of halogens is 1. The van der Waals surface area contributed by atoms with Crippen LogP contribution in [0.25, 0.3) is 0 Å². The molecule has 2 aromatic rings. The fourth-order valence-corrected chi connectivity index (χ4v) is 3.70. The number of anilines is 1. The molecule has 6 heteroatoms. The smallest absolute Gasteiger partial charge is 0.227 e. The van der Waals surface area contributed by atoms with Crippen molar-refractivity contribution in [2.45, 2.75) is 38.9 Å². The zero-order valence-corrected chi connectivity index (χ0v) is 15.9. The van der Waals surface area contributed by atoms with Gasteiger partial charge in [0.15, 0.2) is 0 Å². The molecule has 2 amide bonds. The predicted molar refractivity (Wildman–Crippen MR) is 108 cm³/mol. The van der Waals surface area contributed by atoms with Crippen molar-refractivity contribution in [2.24, 2.45) is 5.92 Å². The van der Waals surface area contributed by atoms with Crippen LogP contribution in [0.1, 0.15) is 35.1 Å². The molecule has 142 valence electrons. The maximum atomic E-state index is 12.2. The molecular weight excluding hydrogens is 362 g/mol. The summed E-state index contributed by atoms with van der Waals surface area (Å²) in [6.45, 7) is 2.36. The average molecular weight is 386 g/mol. The number of hydrogen-bond acceptors (Lipinski definition) is 3. The average Bonchev–Trinajstić information content (AvgIpc) is 3.12. The monoisotopic (exact) mass is 385 g/mol. The summed E-state index contributed by atoms with van der Waals surface area (Å²) in [5.41, 5.74) is 5.80. The molecule has 3 N–H and O–H groups in total. The molecule has 0 aromatic heterocycles. The van der Waals surface area contributed by atoms with E-state index in [2.05, 4.69) is 34.1 Å². The van der Waals surface area contributed by atoms with Crippen LogP contribution in [0.2, 0.25) is 0 Å². The number of hydrogen-bond donors (Lipinski definition) is 3. The van der Waals surface area contributed by atoms with E-state index < -0.39 is 0 Å². The molecule has 2 aromatic carbocycles. The minimum absolute atomic E-state index is 0. The Morgan fingerprint density at radius 1 is 1.07 bits per heavy atom. The molecule has 0 spiro atoms. The summed E-state index contributed by atoms with van der Waals surface area (Å²) in [4.78, 5) is 24.4. The van der Waals surface area contributed by atoms with Gasteiger partial charge in [0.2, 0.25) is 11.8 Å². The van der Waals surface area contributed by atoms with Gasteiger partial charge >= 0.3 is 0 Å².